The number of furan rings is 1. The normalized spacial score (nSPS) is 15.5. The molecular weight excluding hydrogens is 460 g/mol. The SMILES string of the molecule is CCOC(=O)C1=C(C)N=c2sc(=Cc3ccco3)c(=O)n2C1c1ccc(OC(C)=O)c(OC)c1. The lowest BCUT2D eigenvalue weighted by atomic mass is 9.95. The molecule has 10 heteroatoms. The number of methoxy groups -OCH3 is 1. The van der Waals surface area contributed by atoms with Crippen LogP contribution >= 0.6 is 11.3 Å². The lowest BCUT2D eigenvalue weighted by Gasteiger charge is -2.25. The fraction of sp³-hybridized carbons (Fsp3) is 0.250. The van der Waals surface area contributed by atoms with Gasteiger partial charge in [0.1, 0.15) is 5.76 Å². The van der Waals surface area contributed by atoms with Crippen LogP contribution in [0.5, 0.6) is 11.5 Å². The van der Waals surface area contributed by atoms with Gasteiger partial charge in [-0.25, -0.2) is 9.79 Å². The quantitative estimate of drug-likeness (QED) is 0.392. The van der Waals surface area contributed by atoms with Crippen molar-refractivity contribution in [2.24, 2.45) is 4.99 Å². The van der Waals surface area contributed by atoms with Gasteiger partial charge in [-0.3, -0.25) is 14.2 Å². The molecule has 0 amide bonds. The summed E-state index contributed by atoms with van der Waals surface area (Å²) < 4.78 is 23.1. The van der Waals surface area contributed by atoms with E-state index in [1.165, 1.54) is 36.2 Å². The first-order valence-corrected chi connectivity index (χ1v) is 11.2. The van der Waals surface area contributed by atoms with Crippen molar-refractivity contribution in [2.45, 2.75) is 26.8 Å². The summed E-state index contributed by atoms with van der Waals surface area (Å²) in [7, 11) is 1.44. The summed E-state index contributed by atoms with van der Waals surface area (Å²) >= 11 is 1.19. The second kappa shape index (κ2) is 9.52. The van der Waals surface area contributed by atoms with Gasteiger partial charge in [0.05, 0.1) is 41.8 Å². The maximum atomic E-state index is 13.5. The van der Waals surface area contributed by atoms with E-state index in [0.29, 0.717) is 26.4 Å². The van der Waals surface area contributed by atoms with Gasteiger partial charge in [-0.05, 0) is 43.7 Å². The molecule has 34 heavy (non-hydrogen) atoms. The first-order valence-electron chi connectivity index (χ1n) is 10.4. The molecule has 1 aliphatic heterocycles. The number of hydrogen-bond donors (Lipinski definition) is 0. The Morgan fingerprint density at radius 2 is 2.06 bits per heavy atom. The molecule has 1 aliphatic rings. The molecule has 176 valence electrons. The average molecular weight is 483 g/mol. The summed E-state index contributed by atoms with van der Waals surface area (Å²) in [5.41, 5.74) is 0.914. The van der Waals surface area contributed by atoms with E-state index in [0.717, 1.165) is 0 Å². The Morgan fingerprint density at radius 1 is 1.26 bits per heavy atom. The molecule has 9 nitrogen and oxygen atoms in total. The number of fused-ring (bicyclic) bond motifs is 1. The van der Waals surface area contributed by atoms with Crippen molar-refractivity contribution >= 4 is 29.4 Å². The molecule has 3 heterocycles. The minimum absolute atomic E-state index is 0.167. The van der Waals surface area contributed by atoms with Crippen LogP contribution in [0, 0.1) is 0 Å². The van der Waals surface area contributed by atoms with Gasteiger partial charge in [-0.2, -0.15) is 0 Å². The highest BCUT2D eigenvalue weighted by atomic mass is 32.1. The van der Waals surface area contributed by atoms with Crippen molar-refractivity contribution < 1.29 is 28.2 Å². The maximum absolute atomic E-state index is 13.5. The van der Waals surface area contributed by atoms with E-state index in [1.807, 2.05) is 0 Å². The predicted molar refractivity (Wildman–Crippen MR) is 123 cm³/mol. The third-order valence-electron chi connectivity index (χ3n) is 5.09. The molecule has 1 atom stereocenters. The monoisotopic (exact) mass is 482 g/mol. The molecule has 0 radical (unpaired) electrons. The van der Waals surface area contributed by atoms with E-state index in [-0.39, 0.29) is 29.2 Å². The maximum Gasteiger partial charge on any atom is 0.338 e. The highest BCUT2D eigenvalue weighted by Crippen LogP contribution is 2.36. The molecule has 0 aliphatic carbocycles. The first-order chi connectivity index (χ1) is 16.3. The summed E-state index contributed by atoms with van der Waals surface area (Å²) in [4.78, 5) is 42.9. The molecule has 0 N–H and O–H groups in total. The number of ether oxygens (including phenoxy) is 3. The number of thiazole rings is 1. The summed E-state index contributed by atoms with van der Waals surface area (Å²) in [6, 6.07) is 7.51. The van der Waals surface area contributed by atoms with E-state index < -0.39 is 18.0 Å². The van der Waals surface area contributed by atoms with E-state index in [4.69, 9.17) is 18.6 Å². The zero-order valence-electron chi connectivity index (χ0n) is 19.0. The highest BCUT2D eigenvalue weighted by Gasteiger charge is 2.34. The molecular formula is C24H22N2O7S. The third-order valence-corrected chi connectivity index (χ3v) is 6.07. The van der Waals surface area contributed by atoms with Crippen molar-refractivity contribution in [1.29, 1.82) is 0 Å². The number of esters is 2. The number of aromatic nitrogens is 1. The van der Waals surface area contributed by atoms with E-state index in [2.05, 4.69) is 4.99 Å². The summed E-state index contributed by atoms with van der Waals surface area (Å²) in [6.07, 6.45) is 3.15. The Hall–Kier alpha value is -3.92. The molecule has 1 unspecified atom stereocenters. The largest absolute Gasteiger partial charge is 0.493 e. The first kappa shape index (κ1) is 23.2. The third kappa shape index (κ3) is 4.32. The summed E-state index contributed by atoms with van der Waals surface area (Å²) in [6.45, 7) is 4.86. The number of nitrogens with zero attached hydrogens (tertiary/aromatic N) is 2. The summed E-state index contributed by atoms with van der Waals surface area (Å²) in [5, 5.41) is 0. The number of hydrogen-bond acceptors (Lipinski definition) is 9. The van der Waals surface area contributed by atoms with Gasteiger partial charge in [-0.1, -0.05) is 17.4 Å². The van der Waals surface area contributed by atoms with Crippen LogP contribution in [0.15, 0.2) is 62.1 Å². The summed E-state index contributed by atoms with van der Waals surface area (Å²) in [5.74, 6) is -0.0433. The Balaban J connectivity index is 1.95. The van der Waals surface area contributed by atoms with Crippen LogP contribution in [-0.4, -0.2) is 30.2 Å². The number of allylic oxidation sites excluding steroid dienone is 1. The molecule has 0 spiro atoms. The van der Waals surface area contributed by atoms with Crippen LogP contribution in [0.2, 0.25) is 0 Å². The van der Waals surface area contributed by atoms with Crippen LogP contribution in [0.1, 0.15) is 38.1 Å². The lowest BCUT2D eigenvalue weighted by Crippen LogP contribution is -2.39. The number of carbonyl (C=O) groups excluding carboxylic acids is 2. The molecule has 0 fully saturated rings. The van der Waals surface area contributed by atoms with Gasteiger partial charge in [0.15, 0.2) is 16.3 Å². The Kier molecular flexibility index (Phi) is 6.51. The van der Waals surface area contributed by atoms with Crippen molar-refractivity contribution in [1.82, 2.24) is 4.57 Å². The number of benzene rings is 1. The van der Waals surface area contributed by atoms with E-state index in [9.17, 15) is 14.4 Å². The average Bonchev–Trinajstić information content (AvgIpc) is 3.41. The predicted octanol–water partition coefficient (Wildman–Crippen LogP) is 2.33. The Labute approximate surface area is 198 Å². The fourth-order valence-electron chi connectivity index (χ4n) is 3.70. The smallest absolute Gasteiger partial charge is 0.338 e. The van der Waals surface area contributed by atoms with Crippen LogP contribution in [0.4, 0.5) is 0 Å². The van der Waals surface area contributed by atoms with Crippen LogP contribution < -0.4 is 24.4 Å². The molecule has 0 bridgehead atoms. The minimum atomic E-state index is -0.825. The van der Waals surface area contributed by atoms with Crippen LogP contribution in [-0.2, 0) is 14.3 Å². The minimum Gasteiger partial charge on any atom is -0.493 e. The van der Waals surface area contributed by atoms with Crippen molar-refractivity contribution in [3.8, 4) is 11.5 Å². The van der Waals surface area contributed by atoms with Crippen molar-refractivity contribution in [3.63, 3.8) is 0 Å². The topological polar surface area (TPSA) is 109 Å². The van der Waals surface area contributed by atoms with Gasteiger partial charge >= 0.3 is 11.9 Å². The second-order valence-corrected chi connectivity index (χ2v) is 8.33. The standard InChI is InChI=1S/C24H22N2O7S/c1-5-31-23(29)20-13(2)25-24-26(22(28)19(34-24)12-16-7-6-10-32-16)21(20)15-8-9-17(33-14(3)27)18(11-15)30-4/h6-12,21H,5H2,1-4H3. The number of carbonyl (C=O) groups is 2. The molecule has 0 saturated carbocycles. The van der Waals surface area contributed by atoms with E-state index >= 15 is 0 Å². The fourth-order valence-corrected chi connectivity index (χ4v) is 4.73. The van der Waals surface area contributed by atoms with Gasteiger partial charge in [0.2, 0.25) is 0 Å². The molecule has 2 aromatic heterocycles. The van der Waals surface area contributed by atoms with Crippen LogP contribution in [0.3, 0.4) is 0 Å². The second-order valence-electron chi connectivity index (χ2n) is 7.32. The van der Waals surface area contributed by atoms with Crippen LogP contribution in [0.25, 0.3) is 6.08 Å². The molecule has 4 rings (SSSR count). The highest BCUT2D eigenvalue weighted by molar-refractivity contribution is 7.07. The van der Waals surface area contributed by atoms with Gasteiger partial charge in [0, 0.05) is 13.0 Å². The van der Waals surface area contributed by atoms with Gasteiger partial charge < -0.3 is 18.6 Å². The van der Waals surface area contributed by atoms with Gasteiger partial charge in [-0.15, -0.1) is 0 Å². The Morgan fingerprint density at radius 3 is 2.71 bits per heavy atom. The van der Waals surface area contributed by atoms with Crippen molar-refractivity contribution in [2.75, 3.05) is 13.7 Å². The number of rotatable bonds is 6. The zero-order chi connectivity index (χ0) is 24.4. The lowest BCUT2D eigenvalue weighted by molar-refractivity contribution is -0.139. The molecule has 0 saturated heterocycles. The zero-order valence-corrected chi connectivity index (χ0v) is 19.8. The molecule has 3 aromatic rings. The van der Waals surface area contributed by atoms with Crippen molar-refractivity contribution in [3.05, 3.63) is 78.9 Å². The Bertz CT molecular complexity index is 1460. The van der Waals surface area contributed by atoms with E-state index in [1.54, 1.807) is 50.3 Å². The molecule has 1 aromatic carbocycles. The van der Waals surface area contributed by atoms with Gasteiger partial charge in [0.25, 0.3) is 5.56 Å².